The highest BCUT2D eigenvalue weighted by molar-refractivity contribution is 5.83. The number of ether oxygens (including phenoxy) is 1. The Labute approximate surface area is 203 Å². The van der Waals surface area contributed by atoms with Gasteiger partial charge in [-0.1, -0.05) is 48.5 Å². The smallest absolute Gasteiger partial charge is 0.376 e. The number of halogens is 3. The molecular formula is C29H27F3N2O. The highest BCUT2D eigenvalue weighted by atomic mass is 19.4. The highest BCUT2D eigenvalue weighted by Gasteiger charge is 2.34. The number of alkyl halides is 3. The van der Waals surface area contributed by atoms with Crippen LogP contribution in [0.2, 0.25) is 0 Å². The van der Waals surface area contributed by atoms with Crippen LogP contribution in [0.4, 0.5) is 13.2 Å². The number of aromatic nitrogens is 1. The van der Waals surface area contributed by atoms with E-state index in [-0.39, 0.29) is 12.0 Å². The van der Waals surface area contributed by atoms with Crippen molar-refractivity contribution < 1.29 is 17.9 Å². The zero-order valence-electron chi connectivity index (χ0n) is 19.3. The van der Waals surface area contributed by atoms with Crippen LogP contribution in [-0.4, -0.2) is 24.7 Å². The average Bonchev–Trinajstić information content (AvgIpc) is 2.89. The number of benzene rings is 3. The van der Waals surface area contributed by atoms with E-state index in [1.54, 1.807) is 12.3 Å². The molecule has 0 aliphatic carbocycles. The zero-order valence-corrected chi connectivity index (χ0v) is 19.3. The molecule has 1 saturated heterocycles. The van der Waals surface area contributed by atoms with Crippen molar-refractivity contribution in [1.29, 1.82) is 0 Å². The highest BCUT2D eigenvalue weighted by Crippen LogP contribution is 2.36. The molecule has 0 unspecified atom stereocenters. The van der Waals surface area contributed by atoms with Gasteiger partial charge in [0.1, 0.15) is 0 Å². The van der Waals surface area contributed by atoms with Gasteiger partial charge in [-0.15, -0.1) is 0 Å². The standard InChI is InChI=1S/C29H27F3N2O/c30-29(31,32)26-15-21(14-23(17-26)24-16-22-6-4-5-9-27(22)34-18-24)19-35-20-28(10-12-33-13-11-28)25-7-2-1-3-8-25/h1-9,14-18,33H,10-13,19-20H2. The predicted molar refractivity (Wildman–Crippen MR) is 132 cm³/mol. The molecule has 0 saturated carbocycles. The van der Waals surface area contributed by atoms with Gasteiger partial charge in [-0.05, 0) is 73.0 Å². The van der Waals surface area contributed by atoms with Crippen LogP contribution in [0.5, 0.6) is 0 Å². The van der Waals surface area contributed by atoms with E-state index in [0.29, 0.717) is 23.3 Å². The Kier molecular flexibility index (Phi) is 6.58. The normalized spacial score (nSPS) is 15.9. The minimum absolute atomic E-state index is 0.111. The van der Waals surface area contributed by atoms with Crippen LogP contribution in [0.25, 0.3) is 22.0 Å². The van der Waals surface area contributed by atoms with Gasteiger partial charge in [0.15, 0.2) is 0 Å². The molecule has 0 atom stereocenters. The first kappa shape index (κ1) is 23.5. The Hall–Kier alpha value is -3.22. The lowest BCUT2D eigenvalue weighted by atomic mass is 9.74. The number of rotatable bonds is 6. The van der Waals surface area contributed by atoms with Crippen molar-refractivity contribution in [3.8, 4) is 11.1 Å². The third-order valence-electron chi connectivity index (χ3n) is 6.84. The van der Waals surface area contributed by atoms with Gasteiger partial charge in [0.2, 0.25) is 0 Å². The zero-order chi connectivity index (χ0) is 24.3. The van der Waals surface area contributed by atoms with E-state index in [0.717, 1.165) is 36.8 Å². The van der Waals surface area contributed by atoms with Crippen LogP contribution in [0, 0.1) is 0 Å². The molecular weight excluding hydrogens is 449 g/mol. The summed E-state index contributed by atoms with van der Waals surface area (Å²) in [4.78, 5) is 4.43. The topological polar surface area (TPSA) is 34.1 Å². The summed E-state index contributed by atoms with van der Waals surface area (Å²) in [7, 11) is 0. The average molecular weight is 477 g/mol. The van der Waals surface area contributed by atoms with Crippen molar-refractivity contribution in [3.05, 3.63) is 102 Å². The minimum Gasteiger partial charge on any atom is -0.376 e. The van der Waals surface area contributed by atoms with Crippen molar-refractivity contribution >= 4 is 10.9 Å². The molecule has 4 aromatic rings. The third kappa shape index (κ3) is 5.24. The van der Waals surface area contributed by atoms with Gasteiger partial charge in [-0.3, -0.25) is 4.98 Å². The fourth-order valence-corrected chi connectivity index (χ4v) is 4.91. The lowest BCUT2D eigenvalue weighted by Gasteiger charge is -2.38. The molecule has 6 heteroatoms. The molecule has 180 valence electrons. The van der Waals surface area contributed by atoms with E-state index in [1.807, 2.05) is 48.5 Å². The first-order valence-corrected chi connectivity index (χ1v) is 11.8. The second-order valence-electron chi connectivity index (χ2n) is 9.22. The Bertz CT molecular complexity index is 1300. The van der Waals surface area contributed by atoms with Gasteiger partial charge >= 0.3 is 6.18 Å². The fourth-order valence-electron chi connectivity index (χ4n) is 4.91. The second-order valence-corrected chi connectivity index (χ2v) is 9.22. The lowest BCUT2D eigenvalue weighted by Crippen LogP contribution is -2.43. The summed E-state index contributed by atoms with van der Waals surface area (Å²) in [6, 6.07) is 23.9. The second kappa shape index (κ2) is 9.80. The number of nitrogens with zero attached hydrogens (tertiary/aromatic N) is 1. The Balaban J connectivity index is 1.42. The van der Waals surface area contributed by atoms with Crippen molar-refractivity contribution in [2.45, 2.75) is 31.0 Å². The number of hydrogen-bond donors (Lipinski definition) is 1. The molecule has 5 rings (SSSR count). The van der Waals surface area contributed by atoms with E-state index in [9.17, 15) is 13.2 Å². The lowest BCUT2D eigenvalue weighted by molar-refractivity contribution is -0.137. The first-order chi connectivity index (χ1) is 16.9. The molecule has 1 aliphatic rings. The van der Waals surface area contributed by atoms with E-state index < -0.39 is 11.7 Å². The molecule has 0 spiro atoms. The van der Waals surface area contributed by atoms with E-state index >= 15 is 0 Å². The van der Waals surface area contributed by atoms with Gasteiger partial charge in [0.25, 0.3) is 0 Å². The first-order valence-electron chi connectivity index (χ1n) is 11.8. The maximum atomic E-state index is 13.7. The number of nitrogens with one attached hydrogen (secondary N) is 1. The summed E-state index contributed by atoms with van der Waals surface area (Å²) in [6.45, 7) is 2.35. The quantitative estimate of drug-likeness (QED) is 0.334. The van der Waals surface area contributed by atoms with Gasteiger partial charge in [-0.2, -0.15) is 13.2 Å². The van der Waals surface area contributed by atoms with Gasteiger partial charge < -0.3 is 10.1 Å². The third-order valence-corrected chi connectivity index (χ3v) is 6.84. The van der Waals surface area contributed by atoms with Crippen molar-refractivity contribution in [3.63, 3.8) is 0 Å². The predicted octanol–water partition coefficient (Wildman–Crippen LogP) is 6.76. The number of pyridine rings is 1. The van der Waals surface area contributed by atoms with Crippen molar-refractivity contribution in [2.75, 3.05) is 19.7 Å². The number of hydrogen-bond acceptors (Lipinski definition) is 3. The summed E-state index contributed by atoms with van der Waals surface area (Å²) >= 11 is 0. The molecule has 0 radical (unpaired) electrons. The number of piperidine rings is 1. The molecule has 1 fully saturated rings. The summed E-state index contributed by atoms with van der Waals surface area (Å²) in [5.74, 6) is 0. The summed E-state index contributed by atoms with van der Waals surface area (Å²) < 4.78 is 47.4. The fraction of sp³-hybridized carbons (Fsp3) is 0.276. The van der Waals surface area contributed by atoms with Gasteiger partial charge in [0.05, 0.1) is 24.3 Å². The maximum absolute atomic E-state index is 13.7. The molecule has 35 heavy (non-hydrogen) atoms. The van der Waals surface area contributed by atoms with Gasteiger partial charge in [0, 0.05) is 22.6 Å². The van der Waals surface area contributed by atoms with Crippen LogP contribution in [0.15, 0.2) is 85.1 Å². The Morgan fingerprint density at radius 1 is 0.857 bits per heavy atom. The molecule has 3 aromatic carbocycles. The Morgan fingerprint density at radius 2 is 1.60 bits per heavy atom. The van der Waals surface area contributed by atoms with Crippen LogP contribution in [0.1, 0.15) is 29.5 Å². The number of para-hydroxylation sites is 1. The minimum atomic E-state index is -4.45. The molecule has 0 amide bonds. The van der Waals surface area contributed by atoms with Gasteiger partial charge in [-0.25, -0.2) is 0 Å². The van der Waals surface area contributed by atoms with E-state index in [2.05, 4.69) is 22.4 Å². The van der Waals surface area contributed by atoms with Crippen molar-refractivity contribution in [1.82, 2.24) is 10.3 Å². The molecule has 2 heterocycles. The molecule has 1 aliphatic heterocycles. The molecule has 3 nitrogen and oxygen atoms in total. The SMILES string of the molecule is FC(F)(F)c1cc(COCC2(c3ccccc3)CCNCC2)cc(-c2cnc3ccccc3c2)c1. The molecule has 0 bridgehead atoms. The summed E-state index contributed by atoms with van der Waals surface area (Å²) in [5.41, 5.74) is 2.83. The van der Waals surface area contributed by atoms with E-state index in [4.69, 9.17) is 4.74 Å². The summed E-state index contributed by atoms with van der Waals surface area (Å²) in [6.07, 6.45) is -0.974. The van der Waals surface area contributed by atoms with Crippen LogP contribution in [0.3, 0.4) is 0 Å². The van der Waals surface area contributed by atoms with E-state index in [1.165, 1.54) is 17.7 Å². The maximum Gasteiger partial charge on any atom is 0.416 e. The summed E-state index contributed by atoms with van der Waals surface area (Å²) in [5, 5.41) is 4.28. The molecule has 1 aromatic heterocycles. The van der Waals surface area contributed by atoms with Crippen LogP contribution in [-0.2, 0) is 22.9 Å². The van der Waals surface area contributed by atoms with Crippen LogP contribution < -0.4 is 5.32 Å². The molecule has 1 N–H and O–H groups in total. The monoisotopic (exact) mass is 476 g/mol. The Morgan fingerprint density at radius 3 is 2.37 bits per heavy atom. The van der Waals surface area contributed by atoms with Crippen LogP contribution >= 0.6 is 0 Å². The largest absolute Gasteiger partial charge is 0.416 e. The number of fused-ring (bicyclic) bond motifs is 1. The van der Waals surface area contributed by atoms with Crippen molar-refractivity contribution in [2.24, 2.45) is 0 Å².